The molecular weight excluding hydrogens is 213 g/mol. The standard InChI is InChI=1S/C6H9IN/c1-8-6-3-2-4-7-5-6/h2-3,5,8H,4H2,1H3/q-1. The number of alkyl halides is 1. The van der Waals surface area contributed by atoms with E-state index in [0.717, 1.165) is 0 Å². The minimum absolute atomic E-state index is 0.357. The van der Waals surface area contributed by atoms with Gasteiger partial charge in [0.1, 0.15) is 0 Å². The molecule has 0 unspecified atom stereocenters. The molecule has 0 saturated heterocycles. The van der Waals surface area contributed by atoms with Crippen LogP contribution in [0.4, 0.5) is 0 Å². The Kier molecular flexibility index (Phi) is 2.39. The summed E-state index contributed by atoms with van der Waals surface area (Å²) < 4.78 is 3.63. The van der Waals surface area contributed by atoms with Crippen molar-refractivity contribution >= 4 is 0 Å². The molecule has 46 valence electrons. The summed E-state index contributed by atoms with van der Waals surface area (Å²) in [7, 11) is 1.96. The zero-order chi connectivity index (χ0) is 5.82. The van der Waals surface area contributed by atoms with Crippen molar-refractivity contribution in [3.63, 3.8) is 0 Å². The molecule has 0 saturated carbocycles. The molecule has 0 amide bonds. The third-order valence-corrected chi connectivity index (χ3v) is 3.09. The summed E-state index contributed by atoms with van der Waals surface area (Å²) in [5, 5.41) is 3.11. The molecule has 1 nitrogen and oxygen atoms in total. The Bertz CT molecular complexity index is 126. The third kappa shape index (κ3) is 1.51. The van der Waals surface area contributed by atoms with Crippen LogP contribution in [-0.2, 0) is 0 Å². The predicted octanol–water partition coefficient (Wildman–Crippen LogP) is -2.29. The van der Waals surface area contributed by atoms with E-state index in [1.54, 1.807) is 0 Å². The van der Waals surface area contributed by atoms with Gasteiger partial charge in [-0.1, -0.05) is 0 Å². The average Bonchev–Trinajstić information content (AvgIpc) is 1.90. The Labute approximate surface area is 60.1 Å². The first-order valence-electron chi connectivity index (χ1n) is 2.55. The first-order valence-corrected chi connectivity index (χ1v) is 5.33. The first kappa shape index (κ1) is 6.13. The van der Waals surface area contributed by atoms with Crippen molar-refractivity contribution in [1.82, 2.24) is 5.32 Å². The number of allylic oxidation sites excluding steroid dienone is 2. The summed E-state index contributed by atoms with van der Waals surface area (Å²) >= 11 is 0.357. The normalized spacial score (nSPS) is 18.9. The van der Waals surface area contributed by atoms with Crippen LogP contribution in [0.1, 0.15) is 0 Å². The van der Waals surface area contributed by atoms with Gasteiger partial charge in [-0.25, -0.2) is 0 Å². The molecule has 1 aliphatic rings. The quantitative estimate of drug-likeness (QED) is 0.389. The van der Waals surface area contributed by atoms with Crippen LogP contribution in [0.5, 0.6) is 0 Å². The Morgan fingerprint density at radius 2 is 2.62 bits per heavy atom. The summed E-state index contributed by atoms with van der Waals surface area (Å²) in [6.07, 6.45) is 4.38. The van der Waals surface area contributed by atoms with Crippen molar-refractivity contribution in [2.75, 3.05) is 11.5 Å². The van der Waals surface area contributed by atoms with Gasteiger partial charge in [-0.3, -0.25) is 0 Å². The SMILES string of the molecule is CNC1=C[I-]CC=C1. The maximum atomic E-state index is 3.11. The zero-order valence-electron chi connectivity index (χ0n) is 4.82. The molecular formula is C6H9IN-. The fourth-order valence-electron chi connectivity index (χ4n) is 0.525. The monoisotopic (exact) mass is 222 g/mol. The number of rotatable bonds is 1. The Hall–Kier alpha value is 0.01000. The third-order valence-electron chi connectivity index (χ3n) is 0.959. The average molecular weight is 222 g/mol. The molecule has 0 aliphatic carbocycles. The van der Waals surface area contributed by atoms with Crippen molar-refractivity contribution in [1.29, 1.82) is 0 Å². The summed E-state index contributed by atoms with van der Waals surface area (Å²) in [4.78, 5) is 0. The van der Waals surface area contributed by atoms with E-state index in [-0.39, 0.29) is 0 Å². The summed E-state index contributed by atoms with van der Waals surface area (Å²) in [5.41, 5.74) is 1.30. The second kappa shape index (κ2) is 3.12. The van der Waals surface area contributed by atoms with Gasteiger partial charge in [0, 0.05) is 0 Å². The molecule has 1 heterocycles. The zero-order valence-corrected chi connectivity index (χ0v) is 6.97. The molecule has 0 aromatic heterocycles. The van der Waals surface area contributed by atoms with Crippen molar-refractivity contribution in [3.05, 3.63) is 21.9 Å². The first-order chi connectivity index (χ1) is 3.93. The Morgan fingerprint density at radius 3 is 3.00 bits per heavy atom. The van der Waals surface area contributed by atoms with Gasteiger partial charge in [-0.05, 0) is 0 Å². The van der Waals surface area contributed by atoms with E-state index in [9.17, 15) is 0 Å². The van der Waals surface area contributed by atoms with Crippen molar-refractivity contribution in [3.8, 4) is 0 Å². The van der Waals surface area contributed by atoms with Crippen LogP contribution in [0, 0.1) is 0 Å². The molecule has 8 heavy (non-hydrogen) atoms. The van der Waals surface area contributed by atoms with E-state index in [1.807, 2.05) is 7.05 Å². The van der Waals surface area contributed by atoms with E-state index in [0.29, 0.717) is 21.2 Å². The van der Waals surface area contributed by atoms with Crippen LogP contribution >= 0.6 is 0 Å². The number of halogens is 1. The van der Waals surface area contributed by atoms with Crippen LogP contribution in [0.15, 0.2) is 21.9 Å². The van der Waals surface area contributed by atoms with Crippen LogP contribution in [0.2, 0.25) is 0 Å². The predicted molar refractivity (Wildman–Crippen MR) is 31.1 cm³/mol. The van der Waals surface area contributed by atoms with Crippen LogP contribution in [0.3, 0.4) is 0 Å². The fourth-order valence-corrected chi connectivity index (χ4v) is 2.32. The molecule has 0 bridgehead atoms. The molecule has 1 aliphatic heterocycles. The number of nitrogens with one attached hydrogen (secondary N) is 1. The number of hydrogen-bond donors (Lipinski definition) is 1. The van der Waals surface area contributed by atoms with Gasteiger partial charge < -0.3 is 0 Å². The topological polar surface area (TPSA) is 12.0 Å². The molecule has 1 N–H and O–H groups in total. The van der Waals surface area contributed by atoms with Gasteiger partial charge in [0.2, 0.25) is 0 Å². The van der Waals surface area contributed by atoms with Crippen LogP contribution in [-0.4, -0.2) is 11.5 Å². The molecule has 2 heteroatoms. The number of hydrogen-bond acceptors (Lipinski definition) is 1. The maximum absolute atomic E-state index is 3.11. The Balaban J connectivity index is 2.51. The molecule has 0 aromatic carbocycles. The van der Waals surface area contributed by atoms with Crippen molar-refractivity contribution in [2.45, 2.75) is 0 Å². The van der Waals surface area contributed by atoms with E-state index in [4.69, 9.17) is 0 Å². The van der Waals surface area contributed by atoms with Gasteiger partial charge in [-0.15, -0.1) is 0 Å². The summed E-state index contributed by atoms with van der Waals surface area (Å²) in [6, 6.07) is 0. The Morgan fingerprint density at radius 1 is 1.75 bits per heavy atom. The van der Waals surface area contributed by atoms with Crippen molar-refractivity contribution < 1.29 is 21.2 Å². The number of likely N-dealkylation sites (N-methyl/N-ethyl adjacent to an activating group) is 1. The van der Waals surface area contributed by atoms with Crippen molar-refractivity contribution in [2.24, 2.45) is 0 Å². The van der Waals surface area contributed by atoms with Crippen LogP contribution in [0.25, 0.3) is 0 Å². The summed E-state index contributed by atoms with van der Waals surface area (Å²) in [5.74, 6) is 0. The molecule has 0 fully saturated rings. The van der Waals surface area contributed by atoms with Gasteiger partial charge in [0.25, 0.3) is 0 Å². The molecule has 1 rings (SSSR count). The second-order valence-electron chi connectivity index (χ2n) is 1.53. The van der Waals surface area contributed by atoms with E-state index in [2.05, 4.69) is 21.6 Å². The molecule has 0 atom stereocenters. The molecule has 0 radical (unpaired) electrons. The van der Waals surface area contributed by atoms with Gasteiger partial charge in [-0.2, -0.15) is 0 Å². The van der Waals surface area contributed by atoms with Gasteiger partial charge in [0.15, 0.2) is 0 Å². The van der Waals surface area contributed by atoms with E-state index in [1.165, 1.54) is 10.1 Å². The van der Waals surface area contributed by atoms with Gasteiger partial charge in [0.05, 0.1) is 0 Å². The molecule has 0 aromatic rings. The molecule has 0 spiro atoms. The fraction of sp³-hybridized carbons (Fsp3) is 0.333. The minimum atomic E-state index is 0.357. The van der Waals surface area contributed by atoms with E-state index >= 15 is 0 Å². The van der Waals surface area contributed by atoms with E-state index < -0.39 is 0 Å². The second-order valence-corrected chi connectivity index (χ2v) is 3.91. The van der Waals surface area contributed by atoms with Crippen LogP contribution < -0.4 is 26.5 Å². The summed E-state index contributed by atoms with van der Waals surface area (Å²) in [6.45, 7) is 0. The van der Waals surface area contributed by atoms with Gasteiger partial charge >= 0.3 is 59.9 Å².